The average Bonchev–Trinajstić information content (AvgIpc) is 2.89. The van der Waals surface area contributed by atoms with E-state index in [1.54, 1.807) is 0 Å². The molecule has 1 saturated heterocycles. The number of rotatable bonds is 8. The van der Waals surface area contributed by atoms with Gasteiger partial charge in [0.25, 0.3) is 5.91 Å². The van der Waals surface area contributed by atoms with Gasteiger partial charge >= 0.3 is 0 Å². The third kappa shape index (κ3) is 6.26. The molecule has 1 amide bonds. The van der Waals surface area contributed by atoms with E-state index in [9.17, 15) is 9.90 Å². The lowest BCUT2D eigenvalue weighted by Crippen LogP contribution is -2.35. The lowest BCUT2D eigenvalue weighted by Gasteiger charge is -2.31. The number of allylic oxidation sites excluding steroid dienone is 1. The lowest BCUT2D eigenvalue weighted by atomic mass is 10.1. The Labute approximate surface area is 214 Å². The van der Waals surface area contributed by atoms with E-state index in [1.165, 1.54) is 0 Å². The van der Waals surface area contributed by atoms with E-state index in [1.807, 2.05) is 73.8 Å². The van der Waals surface area contributed by atoms with Crippen molar-refractivity contribution in [1.29, 1.82) is 0 Å². The van der Waals surface area contributed by atoms with Crippen molar-refractivity contribution < 1.29 is 9.90 Å². The number of piperidine rings is 1. The van der Waals surface area contributed by atoms with Crippen LogP contribution in [-0.2, 0) is 0 Å². The van der Waals surface area contributed by atoms with Gasteiger partial charge in [-0.3, -0.25) is 4.79 Å². The largest absolute Gasteiger partial charge is 0.399 e. The number of carbonyl (C=O) groups excluding carboxylic acids is 1. The topological polar surface area (TPSA) is 81.8 Å². The fourth-order valence-corrected chi connectivity index (χ4v) is 4.44. The van der Waals surface area contributed by atoms with E-state index in [0.717, 1.165) is 72.8 Å². The van der Waals surface area contributed by atoms with Crippen LogP contribution >= 0.6 is 0 Å². The number of hydrogen-bond donors (Lipinski definition) is 3. The Bertz CT molecular complexity index is 1180. The Morgan fingerprint density at radius 2 is 1.78 bits per heavy atom. The Morgan fingerprint density at radius 1 is 1.08 bits per heavy atom. The molecule has 1 heterocycles. The zero-order valence-corrected chi connectivity index (χ0v) is 21.2. The van der Waals surface area contributed by atoms with E-state index >= 15 is 0 Å². The van der Waals surface area contributed by atoms with Gasteiger partial charge in [-0.1, -0.05) is 25.5 Å². The first-order valence-electron chi connectivity index (χ1n) is 12.7. The SMILES string of the molecule is CCC/C=C/c1cc(NC(=O)c2ccc(N3CCC(O)CC3)cc2)ccc1N(C)c1ccc(N)cc1. The summed E-state index contributed by atoms with van der Waals surface area (Å²) < 4.78 is 0. The normalized spacial score (nSPS) is 14.2. The van der Waals surface area contributed by atoms with Crippen LogP contribution in [0.1, 0.15) is 48.5 Å². The maximum atomic E-state index is 13.0. The van der Waals surface area contributed by atoms with Crippen molar-refractivity contribution in [2.24, 2.45) is 0 Å². The Morgan fingerprint density at radius 3 is 2.44 bits per heavy atom. The third-order valence-electron chi connectivity index (χ3n) is 6.64. The van der Waals surface area contributed by atoms with Crippen LogP contribution in [-0.4, -0.2) is 37.3 Å². The maximum absolute atomic E-state index is 13.0. The molecular formula is C30H36N4O2. The van der Waals surface area contributed by atoms with Crippen molar-refractivity contribution in [2.45, 2.75) is 38.7 Å². The van der Waals surface area contributed by atoms with Crippen molar-refractivity contribution in [2.75, 3.05) is 41.0 Å². The van der Waals surface area contributed by atoms with Gasteiger partial charge in [-0.25, -0.2) is 0 Å². The van der Waals surface area contributed by atoms with Crippen LogP contribution in [0.3, 0.4) is 0 Å². The minimum Gasteiger partial charge on any atom is -0.399 e. The van der Waals surface area contributed by atoms with Gasteiger partial charge in [-0.2, -0.15) is 0 Å². The van der Waals surface area contributed by atoms with Crippen molar-refractivity contribution in [3.63, 3.8) is 0 Å². The lowest BCUT2D eigenvalue weighted by molar-refractivity contribution is 0.102. The second-order valence-corrected chi connectivity index (χ2v) is 9.33. The molecule has 0 bridgehead atoms. The molecule has 3 aromatic rings. The van der Waals surface area contributed by atoms with Gasteiger partial charge in [0.2, 0.25) is 0 Å². The molecule has 1 fully saturated rings. The smallest absolute Gasteiger partial charge is 0.255 e. The molecule has 6 heteroatoms. The molecule has 0 saturated carbocycles. The maximum Gasteiger partial charge on any atom is 0.255 e. The Kier molecular flexibility index (Phi) is 8.28. The van der Waals surface area contributed by atoms with Crippen LogP contribution in [0.25, 0.3) is 6.08 Å². The highest BCUT2D eigenvalue weighted by Crippen LogP contribution is 2.31. The molecule has 0 aromatic heterocycles. The minimum atomic E-state index is -0.203. The van der Waals surface area contributed by atoms with Crippen LogP contribution in [0, 0.1) is 0 Å². The fourth-order valence-electron chi connectivity index (χ4n) is 4.44. The summed E-state index contributed by atoms with van der Waals surface area (Å²) in [5, 5.41) is 12.8. The number of anilines is 5. The summed E-state index contributed by atoms with van der Waals surface area (Å²) in [6, 6.07) is 21.5. The molecule has 36 heavy (non-hydrogen) atoms. The molecule has 0 radical (unpaired) electrons. The summed E-state index contributed by atoms with van der Waals surface area (Å²) in [5.74, 6) is -0.140. The van der Waals surface area contributed by atoms with Gasteiger partial charge in [0.05, 0.1) is 6.10 Å². The molecule has 3 aromatic carbocycles. The molecule has 0 atom stereocenters. The van der Waals surface area contributed by atoms with E-state index in [2.05, 4.69) is 34.2 Å². The van der Waals surface area contributed by atoms with E-state index < -0.39 is 0 Å². The zero-order chi connectivity index (χ0) is 25.5. The number of benzene rings is 3. The van der Waals surface area contributed by atoms with Gasteiger partial charge in [0, 0.05) is 54.1 Å². The summed E-state index contributed by atoms with van der Waals surface area (Å²) in [6.07, 6.45) is 7.70. The summed E-state index contributed by atoms with van der Waals surface area (Å²) in [7, 11) is 2.03. The number of nitrogens with zero attached hydrogens (tertiary/aromatic N) is 2. The first kappa shape index (κ1) is 25.3. The molecule has 0 aliphatic carbocycles. The Hall–Kier alpha value is -3.77. The van der Waals surface area contributed by atoms with Gasteiger partial charge in [0.15, 0.2) is 0 Å². The monoisotopic (exact) mass is 484 g/mol. The van der Waals surface area contributed by atoms with Gasteiger partial charge in [-0.05, 0) is 91.6 Å². The minimum absolute atomic E-state index is 0.140. The van der Waals surface area contributed by atoms with E-state index in [4.69, 9.17) is 5.73 Å². The molecule has 6 nitrogen and oxygen atoms in total. The van der Waals surface area contributed by atoms with Crippen LogP contribution in [0.4, 0.5) is 28.4 Å². The highest BCUT2D eigenvalue weighted by Gasteiger charge is 2.18. The third-order valence-corrected chi connectivity index (χ3v) is 6.64. The quantitative estimate of drug-likeness (QED) is 0.338. The zero-order valence-electron chi connectivity index (χ0n) is 21.2. The number of carbonyl (C=O) groups is 1. The predicted molar refractivity (Wildman–Crippen MR) is 151 cm³/mol. The van der Waals surface area contributed by atoms with Crippen molar-refractivity contribution in [3.05, 3.63) is 83.9 Å². The van der Waals surface area contributed by atoms with Gasteiger partial charge < -0.3 is 26.0 Å². The van der Waals surface area contributed by atoms with Crippen LogP contribution in [0.5, 0.6) is 0 Å². The first-order chi connectivity index (χ1) is 17.4. The summed E-state index contributed by atoms with van der Waals surface area (Å²) in [4.78, 5) is 17.4. The molecule has 1 aliphatic rings. The second kappa shape index (κ2) is 11.8. The van der Waals surface area contributed by atoms with Crippen LogP contribution in [0.2, 0.25) is 0 Å². The highest BCUT2D eigenvalue weighted by atomic mass is 16.3. The number of nitrogens with two attached hydrogens (primary N) is 1. The number of aliphatic hydroxyl groups excluding tert-OH is 1. The molecule has 4 rings (SSSR count). The molecule has 0 unspecified atom stereocenters. The summed E-state index contributed by atoms with van der Waals surface area (Å²) in [6.45, 7) is 3.82. The van der Waals surface area contributed by atoms with E-state index in [0.29, 0.717) is 5.56 Å². The standard InChI is InChI=1S/C30H36N4O2/c1-3-4-5-6-23-21-25(11-16-29(23)33(2)26-14-9-24(31)10-15-26)32-30(36)22-7-12-27(13-8-22)34-19-17-28(35)18-20-34/h5-16,21,28,35H,3-4,17-20,31H2,1-2H3,(H,32,36)/b6-5+. The van der Waals surface area contributed by atoms with Crippen LogP contribution in [0.15, 0.2) is 72.8 Å². The number of unbranched alkanes of at least 4 members (excludes halogenated alkanes) is 1. The first-order valence-corrected chi connectivity index (χ1v) is 12.7. The van der Waals surface area contributed by atoms with E-state index in [-0.39, 0.29) is 12.0 Å². The fraction of sp³-hybridized carbons (Fsp3) is 0.300. The molecule has 4 N–H and O–H groups in total. The number of aliphatic hydroxyl groups is 1. The van der Waals surface area contributed by atoms with Gasteiger partial charge in [0.1, 0.15) is 0 Å². The second-order valence-electron chi connectivity index (χ2n) is 9.33. The molecule has 0 spiro atoms. The highest BCUT2D eigenvalue weighted by molar-refractivity contribution is 6.04. The molecule has 188 valence electrons. The summed E-state index contributed by atoms with van der Waals surface area (Å²) in [5.41, 5.74) is 12.1. The number of nitrogen functional groups attached to an aromatic ring is 1. The predicted octanol–water partition coefficient (Wildman–Crippen LogP) is 6.06. The number of hydrogen-bond acceptors (Lipinski definition) is 5. The number of amides is 1. The summed E-state index contributed by atoms with van der Waals surface area (Å²) >= 11 is 0. The van der Waals surface area contributed by atoms with Crippen molar-refractivity contribution >= 4 is 40.4 Å². The van der Waals surface area contributed by atoms with Gasteiger partial charge in [-0.15, -0.1) is 0 Å². The Balaban J connectivity index is 1.50. The average molecular weight is 485 g/mol. The van der Waals surface area contributed by atoms with Crippen molar-refractivity contribution in [1.82, 2.24) is 0 Å². The molecule has 1 aliphatic heterocycles. The van der Waals surface area contributed by atoms with Crippen LogP contribution < -0.4 is 20.9 Å². The van der Waals surface area contributed by atoms with Crippen molar-refractivity contribution in [3.8, 4) is 0 Å². The number of nitrogens with one attached hydrogen (secondary N) is 1. The molecular weight excluding hydrogens is 448 g/mol.